The number of aliphatic hydroxyl groups is 1. The molecule has 0 amide bonds. The summed E-state index contributed by atoms with van der Waals surface area (Å²) in [6.07, 6.45) is 0.659. The maximum Gasteiger partial charge on any atom is 0.127 e. The quantitative estimate of drug-likeness (QED) is 0.879. The molecule has 96 valence electrons. The van der Waals surface area contributed by atoms with E-state index in [0.29, 0.717) is 6.42 Å². The molecule has 0 aliphatic rings. The average Bonchev–Trinajstić information content (AvgIpc) is 2.43. The number of benzene rings is 2. The molecule has 2 aromatic carbocycles. The Balaban J connectivity index is 0.000000771. The van der Waals surface area contributed by atoms with E-state index in [0.717, 1.165) is 17.1 Å². The van der Waals surface area contributed by atoms with Crippen LogP contribution in [0.5, 0.6) is 11.5 Å². The zero-order valence-electron chi connectivity index (χ0n) is 11.0. The van der Waals surface area contributed by atoms with Crippen LogP contribution in [0, 0.1) is 0 Å². The molecule has 0 unspecified atom stereocenters. The second kappa shape index (κ2) is 8.31. The summed E-state index contributed by atoms with van der Waals surface area (Å²) in [7, 11) is 0. The molecule has 18 heavy (non-hydrogen) atoms. The Morgan fingerprint density at radius 3 is 2.22 bits per heavy atom. The molecule has 2 heteroatoms. The summed E-state index contributed by atoms with van der Waals surface area (Å²) in [6.45, 7) is 4.16. The first kappa shape index (κ1) is 14.3. The normalized spacial score (nSPS) is 9.28. The molecule has 0 bridgehead atoms. The minimum absolute atomic E-state index is 0.161. The molecule has 2 nitrogen and oxygen atoms in total. The standard InChI is InChI=1S/C14H14O2.C2H6/c15-10-9-12-5-4-8-14(11-12)16-13-6-2-1-3-7-13;1-2/h1-8,11,15H,9-10H2;1-2H3. The lowest BCUT2D eigenvalue weighted by atomic mass is 10.1. The first-order valence-corrected chi connectivity index (χ1v) is 6.31. The first-order valence-electron chi connectivity index (χ1n) is 6.31. The monoisotopic (exact) mass is 244 g/mol. The van der Waals surface area contributed by atoms with Crippen LogP contribution in [0.1, 0.15) is 19.4 Å². The lowest BCUT2D eigenvalue weighted by Gasteiger charge is -2.06. The van der Waals surface area contributed by atoms with Crippen LogP contribution in [-0.2, 0) is 6.42 Å². The Hall–Kier alpha value is -1.80. The van der Waals surface area contributed by atoms with Gasteiger partial charge in [0.2, 0.25) is 0 Å². The van der Waals surface area contributed by atoms with E-state index in [1.165, 1.54) is 0 Å². The molecule has 1 N–H and O–H groups in total. The molecule has 0 saturated carbocycles. The van der Waals surface area contributed by atoms with Gasteiger partial charge in [-0.1, -0.05) is 44.2 Å². The number of ether oxygens (including phenoxy) is 1. The zero-order valence-corrected chi connectivity index (χ0v) is 11.0. The molecule has 0 atom stereocenters. The van der Waals surface area contributed by atoms with Crippen LogP contribution in [0.25, 0.3) is 0 Å². The highest BCUT2D eigenvalue weighted by Gasteiger charge is 1.98. The van der Waals surface area contributed by atoms with Gasteiger partial charge in [0.1, 0.15) is 11.5 Å². The van der Waals surface area contributed by atoms with Gasteiger partial charge in [0.15, 0.2) is 0 Å². The highest BCUT2D eigenvalue weighted by atomic mass is 16.5. The zero-order chi connectivity index (χ0) is 13.2. The van der Waals surface area contributed by atoms with Crippen molar-refractivity contribution in [2.45, 2.75) is 20.3 Å². The number of hydrogen-bond donors (Lipinski definition) is 1. The Labute approximate surface area is 109 Å². The number of aliphatic hydroxyl groups excluding tert-OH is 1. The minimum Gasteiger partial charge on any atom is -0.457 e. The maximum absolute atomic E-state index is 8.86. The summed E-state index contributed by atoms with van der Waals surface area (Å²) < 4.78 is 5.68. The van der Waals surface area contributed by atoms with Gasteiger partial charge in [-0.2, -0.15) is 0 Å². The summed E-state index contributed by atoms with van der Waals surface area (Å²) in [5.41, 5.74) is 1.08. The van der Waals surface area contributed by atoms with Gasteiger partial charge < -0.3 is 9.84 Å². The maximum atomic E-state index is 8.86. The largest absolute Gasteiger partial charge is 0.457 e. The molecule has 0 spiro atoms. The second-order valence-corrected chi connectivity index (χ2v) is 3.54. The molecule has 2 aromatic rings. The van der Waals surface area contributed by atoms with E-state index in [1.807, 2.05) is 68.4 Å². The van der Waals surface area contributed by atoms with Gasteiger partial charge in [-0.25, -0.2) is 0 Å². The number of rotatable bonds is 4. The van der Waals surface area contributed by atoms with Crippen LogP contribution in [0.15, 0.2) is 54.6 Å². The van der Waals surface area contributed by atoms with E-state index >= 15 is 0 Å². The fourth-order valence-electron chi connectivity index (χ4n) is 1.52. The summed E-state index contributed by atoms with van der Waals surface area (Å²) in [6, 6.07) is 17.4. The average molecular weight is 244 g/mol. The van der Waals surface area contributed by atoms with Crippen molar-refractivity contribution in [3.05, 3.63) is 60.2 Å². The predicted molar refractivity (Wildman–Crippen MR) is 75.1 cm³/mol. The van der Waals surface area contributed by atoms with E-state index in [9.17, 15) is 0 Å². The van der Waals surface area contributed by atoms with Crippen molar-refractivity contribution >= 4 is 0 Å². The first-order chi connectivity index (χ1) is 8.88. The SMILES string of the molecule is CC.OCCc1cccc(Oc2ccccc2)c1. The van der Waals surface area contributed by atoms with E-state index in [4.69, 9.17) is 9.84 Å². The molecule has 0 radical (unpaired) electrons. The molecule has 0 aromatic heterocycles. The summed E-state index contributed by atoms with van der Waals surface area (Å²) in [4.78, 5) is 0. The Morgan fingerprint density at radius 2 is 1.56 bits per heavy atom. The smallest absolute Gasteiger partial charge is 0.127 e. The van der Waals surface area contributed by atoms with Gasteiger partial charge in [-0.05, 0) is 36.2 Å². The Kier molecular flexibility index (Phi) is 6.59. The molecule has 2 rings (SSSR count). The topological polar surface area (TPSA) is 29.5 Å². The highest BCUT2D eigenvalue weighted by Crippen LogP contribution is 2.21. The van der Waals surface area contributed by atoms with Crippen molar-refractivity contribution < 1.29 is 9.84 Å². The third-order valence-electron chi connectivity index (χ3n) is 2.28. The van der Waals surface area contributed by atoms with Gasteiger partial charge in [0.05, 0.1) is 0 Å². The molecule has 0 fully saturated rings. The number of hydrogen-bond acceptors (Lipinski definition) is 2. The lowest BCUT2D eigenvalue weighted by Crippen LogP contribution is -1.91. The molecule has 0 aliphatic heterocycles. The van der Waals surface area contributed by atoms with Crippen molar-refractivity contribution in [1.29, 1.82) is 0 Å². The Bertz CT molecular complexity index is 438. The van der Waals surface area contributed by atoms with E-state index in [2.05, 4.69) is 0 Å². The fraction of sp³-hybridized carbons (Fsp3) is 0.250. The fourth-order valence-corrected chi connectivity index (χ4v) is 1.52. The summed E-state index contributed by atoms with van der Waals surface area (Å²) >= 11 is 0. The minimum atomic E-state index is 0.161. The van der Waals surface area contributed by atoms with Gasteiger partial charge in [0, 0.05) is 6.61 Å². The number of para-hydroxylation sites is 1. The van der Waals surface area contributed by atoms with E-state index < -0.39 is 0 Å². The second-order valence-electron chi connectivity index (χ2n) is 3.54. The van der Waals surface area contributed by atoms with Crippen LogP contribution < -0.4 is 4.74 Å². The molecule has 0 aliphatic carbocycles. The third-order valence-corrected chi connectivity index (χ3v) is 2.28. The van der Waals surface area contributed by atoms with Crippen LogP contribution >= 0.6 is 0 Å². The van der Waals surface area contributed by atoms with Crippen LogP contribution in [0.2, 0.25) is 0 Å². The molecular formula is C16H20O2. The van der Waals surface area contributed by atoms with Crippen molar-refractivity contribution in [2.24, 2.45) is 0 Å². The molecule has 0 saturated heterocycles. The van der Waals surface area contributed by atoms with Crippen LogP contribution in [-0.4, -0.2) is 11.7 Å². The molecular weight excluding hydrogens is 224 g/mol. The van der Waals surface area contributed by atoms with Gasteiger partial charge >= 0.3 is 0 Å². The van der Waals surface area contributed by atoms with Crippen molar-refractivity contribution in [3.8, 4) is 11.5 Å². The van der Waals surface area contributed by atoms with Crippen molar-refractivity contribution in [1.82, 2.24) is 0 Å². The Morgan fingerprint density at radius 1 is 0.889 bits per heavy atom. The van der Waals surface area contributed by atoms with Crippen LogP contribution in [0.3, 0.4) is 0 Å². The lowest BCUT2D eigenvalue weighted by molar-refractivity contribution is 0.299. The van der Waals surface area contributed by atoms with Gasteiger partial charge in [0.25, 0.3) is 0 Å². The summed E-state index contributed by atoms with van der Waals surface area (Å²) in [5, 5.41) is 8.86. The third kappa shape index (κ3) is 4.60. The summed E-state index contributed by atoms with van der Waals surface area (Å²) in [5.74, 6) is 1.63. The molecule has 0 heterocycles. The van der Waals surface area contributed by atoms with E-state index in [1.54, 1.807) is 0 Å². The van der Waals surface area contributed by atoms with Gasteiger partial charge in [-0.3, -0.25) is 0 Å². The van der Waals surface area contributed by atoms with E-state index in [-0.39, 0.29) is 6.61 Å². The van der Waals surface area contributed by atoms with Crippen molar-refractivity contribution in [3.63, 3.8) is 0 Å². The predicted octanol–water partition coefficient (Wildman–Crippen LogP) is 4.04. The highest BCUT2D eigenvalue weighted by molar-refractivity contribution is 5.33. The van der Waals surface area contributed by atoms with Gasteiger partial charge in [-0.15, -0.1) is 0 Å². The van der Waals surface area contributed by atoms with Crippen LogP contribution in [0.4, 0.5) is 0 Å². The van der Waals surface area contributed by atoms with Crippen molar-refractivity contribution in [2.75, 3.05) is 6.61 Å².